The summed E-state index contributed by atoms with van der Waals surface area (Å²) in [6.07, 6.45) is 5.19. The summed E-state index contributed by atoms with van der Waals surface area (Å²) in [5.41, 5.74) is 3.35. The average Bonchev–Trinajstić information content (AvgIpc) is 2.90. The van der Waals surface area contributed by atoms with Gasteiger partial charge in [-0.05, 0) is 31.0 Å². The second kappa shape index (κ2) is 6.24. The van der Waals surface area contributed by atoms with Crippen molar-refractivity contribution in [1.82, 2.24) is 9.88 Å². The molecule has 2 rings (SSSR count). The molecule has 0 bridgehead atoms. The lowest BCUT2D eigenvalue weighted by atomic mass is 10.1. The SMILES string of the molecule is Cc1ccc(C)c(N=CN(C)/C=N/c2nccs2)c1. The highest BCUT2D eigenvalue weighted by Gasteiger charge is 1.96. The molecular formula is C14H16N4S. The minimum Gasteiger partial charge on any atom is -0.326 e. The molecule has 0 N–H and O–H groups in total. The van der Waals surface area contributed by atoms with Crippen molar-refractivity contribution >= 4 is 34.8 Å². The molecule has 0 unspecified atom stereocenters. The summed E-state index contributed by atoms with van der Waals surface area (Å²) in [6.45, 7) is 4.11. The number of hydrogen-bond acceptors (Lipinski definition) is 4. The van der Waals surface area contributed by atoms with Crippen molar-refractivity contribution in [1.29, 1.82) is 0 Å². The van der Waals surface area contributed by atoms with Gasteiger partial charge in [0, 0.05) is 18.6 Å². The molecule has 19 heavy (non-hydrogen) atoms. The predicted octanol–water partition coefficient (Wildman–Crippen LogP) is 3.71. The quantitative estimate of drug-likeness (QED) is 0.629. The maximum atomic E-state index is 4.46. The Morgan fingerprint density at radius 1 is 1.21 bits per heavy atom. The van der Waals surface area contributed by atoms with Crippen LogP contribution < -0.4 is 0 Å². The fourth-order valence-electron chi connectivity index (χ4n) is 1.46. The van der Waals surface area contributed by atoms with Gasteiger partial charge < -0.3 is 4.90 Å². The van der Waals surface area contributed by atoms with Crippen LogP contribution in [0.1, 0.15) is 11.1 Å². The highest BCUT2D eigenvalue weighted by atomic mass is 32.1. The van der Waals surface area contributed by atoms with Gasteiger partial charge in [0.15, 0.2) is 0 Å². The third-order valence-corrected chi connectivity index (χ3v) is 3.19. The van der Waals surface area contributed by atoms with Gasteiger partial charge in [0.1, 0.15) is 0 Å². The number of aliphatic imine (C=N–C) groups is 2. The van der Waals surface area contributed by atoms with E-state index in [4.69, 9.17) is 0 Å². The molecule has 0 aliphatic heterocycles. The molecule has 1 heterocycles. The van der Waals surface area contributed by atoms with Crippen molar-refractivity contribution in [3.05, 3.63) is 40.9 Å². The molecule has 0 spiro atoms. The third-order valence-electron chi connectivity index (χ3n) is 2.51. The smallest absolute Gasteiger partial charge is 0.210 e. The maximum absolute atomic E-state index is 4.46. The Kier molecular flexibility index (Phi) is 4.41. The average molecular weight is 272 g/mol. The van der Waals surface area contributed by atoms with Crippen LogP contribution in [0.4, 0.5) is 10.8 Å². The molecule has 0 amide bonds. The number of aromatic nitrogens is 1. The van der Waals surface area contributed by atoms with Crippen LogP contribution in [0.2, 0.25) is 0 Å². The zero-order chi connectivity index (χ0) is 13.7. The van der Waals surface area contributed by atoms with Crippen LogP contribution in [-0.2, 0) is 0 Å². The van der Waals surface area contributed by atoms with E-state index in [-0.39, 0.29) is 0 Å². The van der Waals surface area contributed by atoms with E-state index in [0.29, 0.717) is 0 Å². The summed E-state index contributed by atoms with van der Waals surface area (Å²) in [6, 6.07) is 6.23. The van der Waals surface area contributed by atoms with Gasteiger partial charge in [-0.3, -0.25) is 0 Å². The zero-order valence-electron chi connectivity index (χ0n) is 11.2. The summed E-state index contributed by atoms with van der Waals surface area (Å²) < 4.78 is 0. The normalized spacial score (nSPS) is 11.5. The molecule has 2 aromatic rings. The molecule has 1 aromatic heterocycles. The van der Waals surface area contributed by atoms with Crippen LogP contribution in [0, 0.1) is 13.8 Å². The first-order valence-electron chi connectivity index (χ1n) is 5.92. The number of nitrogens with zero attached hydrogens (tertiary/aromatic N) is 4. The lowest BCUT2D eigenvalue weighted by molar-refractivity contribution is 0.801. The van der Waals surface area contributed by atoms with Gasteiger partial charge in [-0.15, -0.1) is 11.3 Å². The van der Waals surface area contributed by atoms with Gasteiger partial charge >= 0.3 is 0 Å². The third kappa shape index (κ3) is 3.99. The van der Waals surface area contributed by atoms with Gasteiger partial charge in [-0.25, -0.2) is 15.0 Å². The van der Waals surface area contributed by atoms with Gasteiger partial charge in [0.05, 0.1) is 18.4 Å². The lowest BCUT2D eigenvalue weighted by Gasteiger charge is -2.06. The number of benzene rings is 1. The Labute approximate surface area is 117 Å². The Morgan fingerprint density at radius 3 is 2.74 bits per heavy atom. The minimum atomic E-state index is 0.743. The van der Waals surface area contributed by atoms with E-state index in [1.165, 1.54) is 16.9 Å². The van der Waals surface area contributed by atoms with Crippen molar-refractivity contribution in [2.24, 2.45) is 9.98 Å². The second-order valence-corrected chi connectivity index (χ2v) is 5.13. The Balaban J connectivity index is 2.03. The maximum Gasteiger partial charge on any atom is 0.210 e. The molecule has 1 aromatic carbocycles. The Hall–Kier alpha value is -2.01. The minimum absolute atomic E-state index is 0.743. The standard InChI is InChI=1S/C14H16N4S/c1-11-4-5-12(2)13(8-11)16-9-18(3)10-17-14-15-6-7-19-14/h4-10H,1-3H3/b16-9?,17-10+. The summed E-state index contributed by atoms with van der Waals surface area (Å²) >= 11 is 1.50. The fourth-order valence-corrected chi connectivity index (χ4v) is 1.93. The second-order valence-electron chi connectivity index (χ2n) is 4.26. The highest BCUT2D eigenvalue weighted by Crippen LogP contribution is 2.19. The summed E-state index contributed by atoms with van der Waals surface area (Å²) in [5.74, 6) is 0. The fraction of sp³-hybridized carbons (Fsp3) is 0.214. The zero-order valence-corrected chi connectivity index (χ0v) is 12.1. The van der Waals surface area contributed by atoms with Gasteiger partial charge in [0.2, 0.25) is 5.13 Å². The highest BCUT2D eigenvalue weighted by molar-refractivity contribution is 7.13. The van der Waals surface area contributed by atoms with Gasteiger partial charge in [0.25, 0.3) is 0 Å². The van der Waals surface area contributed by atoms with Crippen molar-refractivity contribution in [3.8, 4) is 0 Å². The molecule has 0 aliphatic rings. The first-order valence-corrected chi connectivity index (χ1v) is 6.80. The Bertz CT molecular complexity index is 587. The van der Waals surface area contributed by atoms with Gasteiger partial charge in [-0.1, -0.05) is 12.1 Å². The number of hydrogen-bond donors (Lipinski definition) is 0. The van der Waals surface area contributed by atoms with E-state index >= 15 is 0 Å². The Morgan fingerprint density at radius 2 is 2.00 bits per heavy atom. The first-order chi connectivity index (χ1) is 9.15. The van der Waals surface area contributed by atoms with Crippen LogP contribution in [0.3, 0.4) is 0 Å². The van der Waals surface area contributed by atoms with Crippen LogP contribution in [0.25, 0.3) is 0 Å². The lowest BCUT2D eigenvalue weighted by Crippen LogP contribution is -2.12. The molecule has 98 valence electrons. The van der Waals surface area contributed by atoms with Crippen LogP contribution in [-0.4, -0.2) is 29.6 Å². The summed E-state index contributed by atoms with van der Waals surface area (Å²) in [4.78, 5) is 14.6. The van der Waals surface area contributed by atoms with E-state index in [9.17, 15) is 0 Å². The molecule has 5 heteroatoms. The van der Waals surface area contributed by atoms with E-state index in [2.05, 4.69) is 47.0 Å². The van der Waals surface area contributed by atoms with Gasteiger partial charge in [-0.2, -0.15) is 0 Å². The van der Waals surface area contributed by atoms with E-state index in [1.807, 2.05) is 17.3 Å². The van der Waals surface area contributed by atoms with E-state index < -0.39 is 0 Å². The number of aryl methyl sites for hydroxylation is 2. The van der Waals surface area contributed by atoms with Crippen molar-refractivity contribution in [2.45, 2.75) is 13.8 Å². The van der Waals surface area contributed by atoms with Crippen LogP contribution in [0.5, 0.6) is 0 Å². The molecule has 0 aliphatic carbocycles. The first kappa shape index (κ1) is 13.4. The molecule has 0 radical (unpaired) electrons. The molecule has 0 fully saturated rings. The number of thiazole rings is 1. The van der Waals surface area contributed by atoms with E-state index in [1.54, 1.807) is 18.9 Å². The molecular weight excluding hydrogens is 256 g/mol. The summed E-state index contributed by atoms with van der Waals surface area (Å²) in [5, 5.41) is 2.64. The van der Waals surface area contributed by atoms with Crippen LogP contribution >= 0.6 is 11.3 Å². The number of rotatable bonds is 4. The molecule has 0 saturated carbocycles. The monoisotopic (exact) mass is 272 g/mol. The topological polar surface area (TPSA) is 40.9 Å². The van der Waals surface area contributed by atoms with Crippen molar-refractivity contribution in [2.75, 3.05) is 7.05 Å². The molecule has 0 saturated heterocycles. The summed E-state index contributed by atoms with van der Waals surface area (Å²) in [7, 11) is 1.89. The predicted molar refractivity (Wildman–Crippen MR) is 82.1 cm³/mol. The molecule has 0 atom stereocenters. The largest absolute Gasteiger partial charge is 0.326 e. The van der Waals surface area contributed by atoms with E-state index in [0.717, 1.165) is 16.4 Å². The van der Waals surface area contributed by atoms with Crippen LogP contribution in [0.15, 0.2) is 39.8 Å². The van der Waals surface area contributed by atoms with Crippen molar-refractivity contribution < 1.29 is 0 Å². The van der Waals surface area contributed by atoms with Crippen molar-refractivity contribution in [3.63, 3.8) is 0 Å². The molecule has 4 nitrogen and oxygen atoms in total.